The van der Waals surface area contributed by atoms with E-state index in [1.54, 1.807) is 12.1 Å². The third-order valence-electron chi connectivity index (χ3n) is 4.54. The Balaban J connectivity index is 1.82. The molecule has 2 aromatic rings. The lowest BCUT2D eigenvalue weighted by Gasteiger charge is -2.24. The molecule has 6 nitrogen and oxygen atoms in total. The molecule has 1 unspecified atom stereocenters. The Morgan fingerprint density at radius 1 is 1.19 bits per heavy atom. The molecule has 0 saturated carbocycles. The third-order valence-corrected chi connectivity index (χ3v) is 7.26. The Kier molecular flexibility index (Phi) is 6.08. The maximum Gasteiger partial charge on any atom is 0.243 e. The number of amides is 1. The number of hydrogen-bond donors (Lipinski definition) is 1. The van der Waals surface area contributed by atoms with Gasteiger partial charge in [0.2, 0.25) is 15.9 Å². The number of ether oxygens (including phenoxy) is 1. The standard InChI is InChI=1S/C19H22N2O4S2/c1-25-14-9-11-15(12-10-14)27(23,24)21-13-5-7-17(21)19(22)20-16-6-3-4-8-18(16)26-2/h3-4,6,8-12,17H,5,7,13H2,1-2H3,(H,20,22). The number of sulfonamides is 1. The van der Waals surface area contributed by atoms with Gasteiger partial charge in [-0.1, -0.05) is 12.1 Å². The minimum absolute atomic E-state index is 0.160. The molecule has 0 bridgehead atoms. The van der Waals surface area contributed by atoms with E-state index in [1.165, 1.54) is 35.3 Å². The number of carbonyl (C=O) groups excluding carboxylic acids is 1. The van der Waals surface area contributed by atoms with Gasteiger partial charge in [0, 0.05) is 11.4 Å². The quantitative estimate of drug-likeness (QED) is 0.746. The van der Waals surface area contributed by atoms with Crippen molar-refractivity contribution in [3.05, 3.63) is 48.5 Å². The zero-order valence-electron chi connectivity index (χ0n) is 15.2. The van der Waals surface area contributed by atoms with Crippen molar-refractivity contribution >= 4 is 33.4 Å². The number of para-hydroxylation sites is 1. The van der Waals surface area contributed by atoms with Gasteiger partial charge in [0.15, 0.2) is 0 Å². The van der Waals surface area contributed by atoms with Crippen molar-refractivity contribution in [1.29, 1.82) is 0 Å². The molecule has 27 heavy (non-hydrogen) atoms. The molecule has 8 heteroatoms. The average Bonchev–Trinajstić information content (AvgIpc) is 3.19. The van der Waals surface area contributed by atoms with Crippen LogP contribution in [0.5, 0.6) is 5.75 Å². The fraction of sp³-hybridized carbons (Fsp3) is 0.316. The summed E-state index contributed by atoms with van der Waals surface area (Å²) < 4.78 is 32.4. The molecule has 144 valence electrons. The van der Waals surface area contributed by atoms with Gasteiger partial charge < -0.3 is 10.1 Å². The summed E-state index contributed by atoms with van der Waals surface area (Å²) in [6, 6.07) is 13.0. The molecule has 0 spiro atoms. The molecule has 3 rings (SSSR count). The summed E-state index contributed by atoms with van der Waals surface area (Å²) in [5, 5.41) is 2.89. The van der Waals surface area contributed by atoms with Crippen LogP contribution >= 0.6 is 11.8 Å². The zero-order chi connectivity index (χ0) is 19.4. The summed E-state index contributed by atoms with van der Waals surface area (Å²) in [6.45, 7) is 0.330. The average molecular weight is 407 g/mol. The van der Waals surface area contributed by atoms with Gasteiger partial charge in [-0.2, -0.15) is 4.31 Å². The molecule has 0 aromatic heterocycles. The number of anilines is 1. The van der Waals surface area contributed by atoms with E-state index in [4.69, 9.17) is 4.74 Å². The van der Waals surface area contributed by atoms with E-state index in [0.717, 1.165) is 4.90 Å². The molecule has 0 aliphatic carbocycles. The molecular formula is C19H22N2O4S2. The molecule has 0 radical (unpaired) electrons. The van der Waals surface area contributed by atoms with Gasteiger partial charge in [0.1, 0.15) is 11.8 Å². The fourth-order valence-electron chi connectivity index (χ4n) is 3.14. The van der Waals surface area contributed by atoms with Crippen LogP contribution < -0.4 is 10.1 Å². The first-order chi connectivity index (χ1) is 13.0. The van der Waals surface area contributed by atoms with Crippen LogP contribution in [0.4, 0.5) is 5.69 Å². The van der Waals surface area contributed by atoms with Gasteiger partial charge in [0.05, 0.1) is 17.7 Å². The van der Waals surface area contributed by atoms with Crippen LogP contribution in [0.25, 0.3) is 0 Å². The highest BCUT2D eigenvalue weighted by molar-refractivity contribution is 7.98. The molecule has 1 aliphatic rings. The maximum absolute atomic E-state index is 13.0. The molecule has 1 saturated heterocycles. The molecule has 1 heterocycles. The number of benzene rings is 2. The largest absolute Gasteiger partial charge is 0.497 e. The number of carbonyl (C=O) groups is 1. The number of hydrogen-bond acceptors (Lipinski definition) is 5. The van der Waals surface area contributed by atoms with Crippen molar-refractivity contribution in [3.63, 3.8) is 0 Å². The number of methoxy groups -OCH3 is 1. The molecule has 1 fully saturated rings. The Bertz CT molecular complexity index is 914. The highest BCUT2D eigenvalue weighted by Gasteiger charge is 2.39. The van der Waals surface area contributed by atoms with Crippen molar-refractivity contribution in [3.8, 4) is 5.75 Å². The molecule has 1 amide bonds. The minimum Gasteiger partial charge on any atom is -0.497 e. The minimum atomic E-state index is -3.75. The highest BCUT2D eigenvalue weighted by Crippen LogP contribution is 2.29. The Labute approximate surface area is 164 Å². The van der Waals surface area contributed by atoms with Crippen LogP contribution in [-0.4, -0.2) is 44.6 Å². The smallest absolute Gasteiger partial charge is 0.243 e. The van der Waals surface area contributed by atoms with E-state index < -0.39 is 16.1 Å². The second-order valence-corrected chi connectivity index (χ2v) is 8.88. The first-order valence-electron chi connectivity index (χ1n) is 8.57. The van der Waals surface area contributed by atoms with Gasteiger partial charge in [-0.15, -0.1) is 11.8 Å². The van der Waals surface area contributed by atoms with Crippen molar-refractivity contribution < 1.29 is 17.9 Å². The number of nitrogens with zero attached hydrogens (tertiary/aromatic N) is 1. The van der Waals surface area contributed by atoms with Crippen LogP contribution in [0.2, 0.25) is 0 Å². The first-order valence-corrected chi connectivity index (χ1v) is 11.2. The van der Waals surface area contributed by atoms with E-state index in [-0.39, 0.29) is 10.8 Å². The predicted octanol–water partition coefficient (Wildman–Crippen LogP) is 3.21. The topological polar surface area (TPSA) is 75.7 Å². The molecule has 1 aliphatic heterocycles. The highest BCUT2D eigenvalue weighted by atomic mass is 32.2. The van der Waals surface area contributed by atoms with Crippen LogP contribution in [0, 0.1) is 0 Å². The summed E-state index contributed by atoms with van der Waals surface area (Å²) in [7, 11) is -2.23. The van der Waals surface area contributed by atoms with Crippen molar-refractivity contribution in [2.75, 3.05) is 25.2 Å². The van der Waals surface area contributed by atoms with Crippen LogP contribution in [0.3, 0.4) is 0 Å². The Morgan fingerprint density at radius 3 is 2.56 bits per heavy atom. The van der Waals surface area contributed by atoms with Gasteiger partial charge in [0.25, 0.3) is 0 Å². The van der Waals surface area contributed by atoms with Gasteiger partial charge in [-0.25, -0.2) is 8.42 Å². The number of rotatable bonds is 6. The summed E-state index contributed by atoms with van der Waals surface area (Å²) in [5.41, 5.74) is 0.698. The molecule has 1 N–H and O–H groups in total. The Morgan fingerprint density at radius 2 is 1.89 bits per heavy atom. The lowest BCUT2D eigenvalue weighted by atomic mass is 10.2. The van der Waals surface area contributed by atoms with E-state index in [1.807, 2.05) is 30.5 Å². The van der Waals surface area contributed by atoms with Crippen LogP contribution in [0.15, 0.2) is 58.3 Å². The lowest BCUT2D eigenvalue weighted by molar-refractivity contribution is -0.119. The van der Waals surface area contributed by atoms with Crippen molar-refractivity contribution in [2.24, 2.45) is 0 Å². The number of nitrogens with one attached hydrogen (secondary N) is 1. The molecule has 1 atom stereocenters. The second kappa shape index (κ2) is 8.33. The zero-order valence-corrected chi connectivity index (χ0v) is 16.8. The van der Waals surface area contributed by atoms with Gasteiger partial charge >= 0.3 is 0 Å². The van der Waals surface area contributed by atoms with Crippen molar-refractivity contribution in [1.82, 2.24) is 4.31 Å². The van der Waals surface area contributed by atoms with E-state index >= 15 is 0 Å². The number of thioether (sulfide) groups is 1. The van der Waals surface area contributed by atoms with E-state index in [9.17, 15) is 13.2 Å². The Hall–Kier alpha value is -2.03. The first kappa shape index (κ1) is 19.7. The van der Waals surface area contributed by atoms with Crippen LogP contribution in [-0.2, 0) is 14.8 Å². The van der Waals surface area contributed by atoms with E-state index in [2.05, 4.69) is 5.32 Å². The van der Waals surface area contributed by atoms with Gasteiger partial charge in [-0.05, 0) is 55.5 Å². The summed E-state index contributed by atoms with van der Waals surface area (Å²) >= 11 is 1.53. The SMILES string of the molecule is COc1ccc(S(=O)(=O)N2CCCC2C(=O)Nc2ccccc2SC)cc1. The molecule has 2 aromatic carbocycles. The van der Waals surface area contributed by atoms with Gasteiger partial charge in [-0.3, -0.25) is 4.79 Å². The van der Waals surface area contributed by atoms with Crippen LogP contribution in [0.1, 0.15) is 12.8 Å². The summed E-state index contributed by atoms with van der Waals surface area (Å²) in [6.07, 6.45) is 3.08. The predicted molar refractivity (Wildman–Crippen MR) is 107 cm³/mol. The third kappa shape index (κ3) is 4.12. The second-order valence-electron chi connectivity index (χ2n) is 6.14. The monoisotopic (exact) mass is 406 g/mol. The maximum atomic E-state index is 13.0. The normalized spacial score (nSPS) is 17.6. The van der Waals surface area contributed by atoms with Crippen molar-refractivity contribution in [2.45, 2.75) is 28.7 Å². The summed E-state index contributed by atoms with van der Waals surface area (Å²) in [5.74, 6) is 0.282. The lowest BCUT2D eigenvalue weighted by Crippen LogP contribution is -2.43. The fourth-order valence-corrected chi connectivity index (χ4v) is 5.35. The molecular weight excluding hydrogens is 384 g/mol. The summed E-state index contributed by atoms with van der Waals surface area (Å²) in [4.78, 5) is 13.9. The van der Waals surface area contributed by atoms with E-state index in [0.29, 0.717) is 30.8 Å².